The minimum atomic E-state index is -0.378. The average Bonchev–Trinajstić information content (AvgIpc) is 2.98. The number of anilines is 1. The Hall–Kier alpha value is -3.22. The molecule has 0 bridgehead atoms. The van der Waals surface area contributed by atoms with Crippen LogP contribution in [0.5, 0.6) is 0 Å². The maximum atomic E-state index is 12.3. The zero-order valence-corrected chi connectivity index (χ0v) is 13.7. The molecule has 0 saturated heterocycles. The van der Waals surface area contributed by atoms with Crippen molar-refractivity contribution < 1.29 is 4.92 Å². The van der Waals surface area contributed by atoms with Crippen molar-refractivity contribution in [2.75, 3.05) is 11.4 Å². The molecule has 0 atom stereocenters. The second-order valence-corrected chi connectivity index (χ2v) is 6.26. The van der Waals surface area contributed by atoms with Crippen LogP contribution in [0.4, 0.5) is 11.4 Å². The Kier molecular flexibility index (Phi) is 3.49. The Morgan fingerprint density at radius 1 is 1.24 bits per heavy atom. The molecule has 0 fully saturated rings. The smallest absolute Gasteiger partial charge is 0.269 e. The van der Waals surface area contributed by atoms with E-state index in [-0.39, 0.29) is 16.2 Å². The highest BCUT2D eigenvalue weighted by atomic mass is 16.6. The molecule has 0 saturated carbocycles. The van der Waals surface area contributed by atoms with Gasteiger partial charge in [-0.1, -0.05) is 6.07 Å². The third-order valence-corrected chi connectivity index (χ3v) is 4.48. The van der Waals surface area contributed by atoms with E-state index in [1.54, 1.807) is 28.8 Å². The van der Waals surface area contributed by atoms with Crippen molar-refractivity contribution in [2.24, 2.45) is 0 Å². The highest BCUT2D eigenvalue weighted by molar-refractivity contribution is 5.61. The van der Waals surface area contributed by atoms with Crippen molar-refractivity contribution in [3.63, 3.8) is 0 Å². The van der Waals surface area contributed by atoms with Gasteiger partial charge in [-0.05, 0) is 36.6 Å². The molecule has 0 radical (unpaired) electrons. The lowest BCUT2D eigenvalue weighted by Gasteiger charge is -2.19. The summed E-state index contributed by atoms with van der Waals surface area (Å²) in [6, 6.07) is 10.2. The number of non-ortho nitro benzene ring substituents is 1. The number of fused-ring (bicyclic) bond motifs is 2. The zero-order valence-electron chi connectivity index (χ0n) is 13.7. The van der Waals surface area contributed by atoms with Crippen molar-refractivity contribution in [2.45, 2.75) is 19.9 Å². The summed E-state index contributed by atoms with van der Waals surface area (Å²) in [6.45, 7) is 3.19. The van der Waals surface area contributed by atoms with E-state index in [1.807, 2.05) is 19.1 Å². The molecule has 3 heterocycles. The molecule has 3 aromatic rings. The van der Waals surface area contributed by atoms with Crippen molar-refractivity contribution in [1.29, 1.82) is 0 Å². The average molecular weight is 336 g/mol. The van der Waals surface area contributed by atoms with Gasteiger partial charge in [0.25, 0.3) is 11.2 Å². The SMILES string of the molecule is Cc1ccc2nc(CN3CCc4cc([N+](=O)[O-])ccc43)cc(=O)n2c1. The van der Waals surface area contributed by atoms with E-state index >= 15 is 0 Å². The summed E-state index contributed by atoms with van der Waals surface area (Å²) in [4.78, 5) is 29.5. The molecule has 25 heavy (non-hydrogen) atoms. The quantitative estimate of drug-likeness (QED) is 0.542. The van der Waals surface area contributed by atoms with Gasteiger partial charge in [-0.25, -0.2) is 4.98 Å². The Morgan fingerprint density at radius 2 is 2.08 bits per heavy atom. The second kappa shape index (κ2) is 5.70. The van der Waals surface area contributed by atoms with Crippen LogP contribution in [0.2, 0.25) is 0 Å². The number of aromatic nitrogens is 2. The van der Waals surface area contributed by atoms with Crippen LogP contribution in [0.15, 0.2) is 47.4 Å². The van der Waals surface area contributed by atoms with Gasteiger partial charge < -0.3 is 4.90 Å². The van der Waals surface area contributed by atoms with Crippen LogP contribution in [0, 0.1) is 17.0 Å². The number of hydrogen-bond acceptors (Lipinski definition) is 5. The Balaban J connectivity index is 1.66. The van der Waals surface area contributed by atoms with E-state index < -0.39 is 0 Å². The molecule has 126 valence electrons. The predicted octanol–water partition coefficient (Wildman–Crippen LogP) is 2.47. The monoisotopic (exact) mass is 336 g/mol. The summed E-state index contributed by atoms with van der Waals surface area (Å²) in [5.74, 6) is 0. The number of pyridine rings is 1. The zero-order chi connectivity index (χ0) is 17.6. The predicted molar refractivity (Wildman–Crippen MR) is 94.0 cm³/mol. The fraction of sp³-hybridized carbons (Fsp3) is 0.222. The summed E-state index contributed by atoms with van der Waals surface area (Å²) in [7, 11) is 0. The minimum Gasteiger partial charge on any atom is -0.365 e. The van der Waals surface area contributed by atoms with Gasteiger partial charge in [-0.15, -0.1) is 0 Å². The van der Waals surface area contributed by atoms with Gasteiger partial charge >= 0.3 is 0 Å². The Bertz CT molecular complexity index is 1060. The molecule has 0 unspecified atom stereocenters. The van der Waals surface area contributed by atoms with Crippen molar-refractivity contribution in [3.8, 4) is 0 Å². The molecule has 2 aromatic heterocycles. The highest BCUT2D eigenvalue weighted by Crippen LogP contribution is 2.31. The number of aryl methyl sites for hydroxylation is 1. The first-order valence-corrected chi connectivity index (χ1v) is 8.02. The molecule has 0 aliphatic carbocycles. The molecule has 0 amide bonds. The van der Waals surface area contributed by atoms with Gasteiger partial charge in [-0.3, -0.25) is 19.3 Å². The first kappa shape index (κ1) is 15.3. The van der Waals surface area contributed by atoms with E-state index in [9.17, 15) is 14.9 Å². The van der Waals surface area contributed by atoms with Crippen LogP contribution in [-0.4, -0.2) is 20.9 Å². The summed E-state index contributed by atoms with van der Waals surface area (Å²) >= 11 is 0. The Morgan fingerprint density at radius 3 is 2.88 bits per heavy atom. The number of rotatable bonds is 3. The van der Waals surface area contributed by atoms with E-state index in [4.69, 9.17) is 0 Å². The molecule has 1 aliphatic rings. The second-order valence-electron chi connectivity index (χ2n) is 6.26. The van der Waals surface area contributed by atoms with E-state index in [1.165, 1.54) is 6.07 Å². The summed E-state index contributed by atoms with van der Waals surface area (Å²) in [5.41, 5.74) is 4.25. The minimum absolute atomic E-state index is 0.105. The molecule has 7 heteroatoms. The fourth-order valence-corrected chi connectivity index (χ4v) is 3.27. The largest absolute Gasteiger partial charge is 0.365 e. The van der Waals surface area contributed by atoms with Crippen LogP contribution in [0.25, 0.3) is 5.65 Å². The van der Waals surface area contributed by atoms with Gasteiger partial charge in [0.05, 0.1) is 17.2 Å². The molecule has 4 rings (SSSR count). The van der Waals surface area contributed by atoms with Crippen molar-refractivity contribution >= 4 is 17.0 Å². The molecular weight excluding hydrogens is 320 g/mol. The number of benzene rings is 1. The number of nitrogens with zero attached hydrogens (tertiary/aromatic N) is 4. The topological polar surface area (TPSA) is 80.8 Å². The van der Waals surface area contributed by atoms with Gasteiger partial charge in [0.15, 0.2) is 0 Å². The van der Waals surface area contributed by atoms with E-state index in [2.05, 4.69) is 9.88 Å². The summed E-state index contributed by atoms with van der Waals surface area (Å²) in [5, 5.41) is 10.9. The first-order chi connectivity index (χ1) is 12.0. The van der Waals surface area contributed by atoms with E-state index in [0.717, 1.165) is 29.8 Å². The Labute approximate surface area is 143 Å². The first-order valence-electron chi connectivity index (χ1n) is 8.02. The van der Waals surface area contributed by atoms with Gasteiger partial charge in [0.2, 0.25) is 0 Å². The molecule has 7 nitrogen and oxygen atoms in total. The van der Waals surface area contributed by atoms with Crippen LogP contribution in [0.3, 0.4) is 0 Å². The molecule has 0 spiro atoms. The van der Waals surface area contributed by atoms with Crippen LogP contribution in [-0.2, 0) is 13.0 Å². The maximum Gasteiger partial charge on any atom is 0.269 e. The fourth-order valence-electron chi connectivity index (χ4n) is 3.27. The van der Waals surface area contributed by atoms with Gasteiger partial charge in [-0.2, -0.15) is 0 Å². The number of hydrogen-bond donors (Lipinski definition) is 0. The van der Waals surface area contributed by atoms with Crippen LogP contribution >= 0.6 is 0 Å². The van der Waals surface area contributed by atoms with E-state index in [0.29, 0.717) is 17.9 Å². The molecule has 1 aliphatic heterocycles. The lowest BCUT2D eigenvalue weighted by atomic mass is 10.1. The summed E-state index contributed by atoms with van der Waals surface area (Å²) in [6.07, 6.45) is 2.53. The number of nitro benzene ring substituents is 1. The van der Waals surface area contributed by atoms with Crippen molar-refractivity contribution in [3.05, 3.63) is 79.9 Å². The number of nitro groups is 1. The normalized spacial score (nSPS) is 13.2. The van der Waals surface area contributed by atoms with Gasteiger partial charge in [0, 0.05) is 36.6 Å². The summed E-state index contributed by atoms with van der Waals surface area (Å²) < 4.78 is 1.54. The van der Waals surface area contributed by atoms with Gasteiger partial charge in [0.1, 0.15) is 5.65 Å². The standard InChI is InChI=1S/C18H16N4O3/c1-12-2-5-17-19-14(9-18(23)21(17)10-12)11-20-7-6-13-8-15(22(24)25)3-4-16(13)20/h2-5,8-10H,6-7,11H2,1H3. The highest BCUT2D eigenvalue weighted by Gasteiger charge is 2.22. The van der Waals surface area contributed by atoms with Crippen LogP contribution < -0.4 is 10.5 Å². The third-order valence-electron chi connectivity index (χ3n) is 4.48. The molecule has 1 aromatic carbocycles. The third kappa shape index (κ3) is 2.73. The maximum absolute atomic E-state index is 12.3. The lowest BCUT2D eigenvalue weighted by Crippen LogP contribution is -2.23. The molecular formula is C18H16N4O3. The van der Waals surface area contributed by atoms with Crippen molar-refractivity contribution in [1.82, 2.24) is 9.38 Å². The van der Waals surface area contributed by atoms with Crippen LogP contribution in [0.1, 0.15) is 16.8 Å². The lowest BCUT2D eigenvalue weighted by molar-refractivity contribution is -0.384. The molecule has 0 N–H and O–H groups in total.